The fourth-order valence-electron chi connectivity index (χ4n) is 2.23. The van der Waals surface area contributed by atoms with E-state index < -0.39 is 0 Å². The number of hydrogen-bond donors (Lipinski definition) is 2. The molecule has 1 aromatic carbocycles. The number of benzene rings is 1. The molecule has 0 saturated carbocycles. The van der Waals surface area contributed by atoms with Crippen LogP contribution in [-0.4, -0.2) is 28.7 Å². The first-order valence-electron chi connectivity index (χ1n) is 5.81. The third-order valence-corrected chi connectivity index (χ3v) is 3.59. The second-order valence-corrected chi connectivity index (χ2v) is 4.76. The Kier molecular flexibility index (Phi) is 2.64. The van der Waals surface area contributed by atoms with Crippen molar-refractivity contribution in [2.75, 3.05) is 13.1 Å². The molecule has 2 heterocycles. The first-order chi connectivity index (χ1) is 8.25. The van der Waals surface area contributed by atoms with E-state index in [0.29, 0.717) is 0 Å². The minimum atomic E-state index is 0.266. The smallest absolute Gasteiger partial charge is 0.177 e. The molecule has 0 radical (unpaired) electrons. The summed E-state index contributed by atoms with van der Waals surface area (Å²) in [6.07, 6.45) is 1.33. The Hall–Kier alpha value is -1.33. The van der Waals surface area contributed by atoms with E-state index in [1.54, 1.807) is 0 Å². The van der Waals surface area contributed by atoms with Crippen LogP contribution in [0.5, 0.6) is 5.75 Å². The number of rotatable bonds is 2. The third-order valence-electron chi connectivity index (χ3n) is 3.21. The molecule has 4 nitrogen and oxygen atoms in total. The van der Waals surface area contributed by atoms with Gasteiger partial charge in [-0.3, -0.25) is 0 Å². The van der Waals surface area contributed by atoms with Gasteiger partial charge in [-0.15, -0.1) is 0 Å². The van der Waals surface area contributed by atoms with Crippen molar-refractivity contribution >= 4 is 23.3 Å². The number of H-pyrrole nitrogens is 1. The average Bonchev–Trinajstić information content (AvgIpc) is 2.91. The Bertz CT molecular complexity index is 595. The molecule has 2 aromatic rings. The zero-order valence-electron chi connectivity index (χ0n) is 9.69. The number of para-hydroxylation sites is 1. The highest BCUT2D eigenvalue weighted by Crippen LogP contribution is 2.26. The van der Waals surface area contributed by atoms with Crippen LogP contribution in [-0.2, 0) is 7.05 Å². The number of hydrogen-bond acceptors (Lipinski definition) is 3. The Morgan fingerprint density at radius 3 is 3.12 bits per heavy atom. The number of ether oxygens (including phenoxy) is 1. The van der Waals surface area contributed by atoms with Gasteiger partial charge in [0, 0.05) is 13.6 Å². The van der Waals surface area contributed by atoms with E-state index in [-0.39, 0.29) is 6.10 Å². The number of aryl methyl sites for hydroxylation is 1. The quantitative estimate of drug-likeness (QED) is 0.800. The number of nitrogens with zero attached hydrogens (tertiary/aromatic N) is 1. The molecule has 0 spiro atoms. The van der Waals surface area contributed by atoms with Crippen molar-refractivity contribution < 1.29 is 4.74 Å². The van der Waals surface area contributed by atoms with Crippen molar-refractivity contribution in [1.82, 2.24) is 14.9 Å². The molecule has 1 atom stereocenters. The summed E-state index contributed by atoms with van der Waals surface area (Å²) in [5.74, 6) is 0.892. The molecule has 1 aliphatic rings. The van der Waals surface area contributed by atoms with Crippen molar-refractivity contribution in [3.05, 3.63) is 23.0 Å². The van der Waals surface area contributed by atoms with Crippen LogP contribution < -0.4 is 10.1 Å². The van der Waals surface area contributed by atoms with Crippen LogP contribution in [0.4, 0.5) is 0 Å². The number of nitrogens with one attached hydrogen (secondary N) is 2. The second-order valence-electron chi connectivity index (χ2n) is 4.37. The predicted molar refractivity (Wildman–Crippen MR) is 70.0 cm³/mol. The summed E-state index contributed by atoms with van der Waals surface area (Å²) in [6, 6.07) is 6.04. The zero-order valence-corrected chi connectivity index (χ0v) is 10.5. The van der Waals surface area contributed by atoms with Crippen molar-refractivity contribution in [3.63, 3.8) is 0 Å². The van der Waals surface area contributed by atoms with Crippen LogP contribution in [0.3, 0.4) is 0 Å². The monoisotopic (exact) mass is 249 g/mol. The van der Waals surface area contributed by atoms with Crippen LogP contribution >= 0.6 is 12.2 Å². The highest BCUT2D eigenvalue weighted by molar-refractivity contribution is 7.71. The lowest BCUT2D eigenvalue weighted by Crippen LogP contribution is -2.19. The normalized spacial score (nSPS) is 19.9. The van der Waals surface area contributed by atoms with Gasteiger partial charge in [0.2, 0.25) is 0 Å². The first kappa shape index (κ1) is 10.8. The number of aromatic nitrogens is 2. The summed E-state index contributed by atoms with van der Waals surface area (Å²) in [6.45, 7) is 1.95. The second kappa shape index (κ2) is 4.16. The maximum atomic E-state index is 6.00. The maximum Gasteiger partial charge on any atom is 0.177 e. The van der Waals surface area contributed by atoms with Gasteiger partial charge in [-0.2, -0.15) is 0 Å². The Balaban J connectivity index is 2.03. The topological polar surface area (TPSA) is 42.0 Å². The Labute approximate surface area is 105 Å². The van der Waals surface area contributed by atoms with Crippen molar-refractivity contribution in [3.8, 4) is 5.75 Å². The lowest BCUT2D eigenvalue weighted by molar-refractivity contribution is 0.225. The van der Waals surface area contributed by atoms with Gasteiger partial charge < -0.3 is 19.6 Å². The fourth-order valence-corrected chi connectivity index (χ4v) is 2.43. The van der Waals surface area contributed by atoms with E-state index in [0.717, 1.165) is 41.1 Å². The molecule has 1 aromatic heterocycles. The molecular weight excluding hydrogens is 234 g/mol. The Morgan fingerprint density at radius 2 is 2.35 bits per heavy atom. The first-order valence-corrected chi connectivity index (χ1v) is 6.21. The van der Waals surface area contributed by atoms with E-state index in [2.05, 4.69) is 10.3 Å². The van der Waals surface area contributed by atoms with Gasteiger partial charge in [-0.05, 0) is 37.3 Å². The van der Waals surface area contributed by atoms with Crippen molar-refractivity contribution in [1.29, 1.82) is 0 Å². The minimum Gasteiger partial charge on any atom is -0.487 e. The summed E-state index contributed by atoms with van der Waals surface area (Å²) in [5.41, 5.74) is 2.07. The molecule has 1 fully saturated rings. The molecule has 0 amide bonds. The van der Waals surface area contributed by atoms with Gasteiger partial charge in [0.25, 0.3) is 0 Å². The van der Waals surface area contributed by atoms with Gasteiger partial charge in [0.1, 0.15) is 17.4 Å². The van der Waals surface area contributed by atoms with Gasteiger partial charge in [0.15, 0.2) is 4.77 Å². The molecule has 0 aliphatic carbocycles. The standard InChI is InChI=1S/C12H15N3OS/c1-15-9-3-2-4-10(11(9)14-12(15)17)16-8-5-6-13-7-8/h2-4,8,13H,5-7H2,1H3,(H,14,17). The molecule has 1 unspecified atom stereocenters. The van der Waals surface area contributed by atoms with Crippen LogP contribution in [0.25, 0.3) is 11.0 Å². The van der Waals surface area contributed by atoms with Crippen LogP contribution in [0.15, 0.2) is 18.2 Å². The highest BCUT2D eigenvalue weighted by atomic mass is 32.1. The molecule has 17 heavy (non-hydrogen) atoms. The van der Waals surface area contributed by atoms with Crippen LogP contribution in [0, 0.1) is 4.77 Å². The predicted octanol–water partition coefficient (Wildman–Crippen LogP) is 1.98. The maximum absolute atomic E-state index is 6.00. The summed E-state index contributed by atoms with van der Waals surface area (Å²) in [5, 5.41) is 3.30. The SMILES string of the molecule is Cn1c(=S)[nH]c2c(OC3CCNC3)cccc21. The highest BCUT2D eigenvalue weighted by Gasteiger charge is 2.17. The molecule has 2 N–H and O–H groups in total. The van der Waals surface area contributed by atoms with Crippen LogP contribution in [0.2, 0.25) is 0 Å². The van der Waals surface area contributed by atoms with E-state index in [4.69, 9.17) is 17.0 Å². The lowest BCUT2D eigenvalue weighted by Gasteiger charge is -2.12. The molecule has 90 valence electrons. The summed E-state index contributed by atoms with van der Waals surface area (Å²) < 4.78 is 8.69. The summed E-state index contributed by atoms with van der Waals surface area (Å²) in [4.78, 5) is 3.20. The summed E-state index contributed by atoms with van der Waals surface area (Å²) in [7, 11) is 1.96. The number of imidazole rings is 1. The van der Waals surface area contributed by atoms with E-state index in [1.807, 2.05) is 29.8 Å². The largest absolute Gasteiger partial charge is 0.487 e. The molecular formula is C12H15N3OS. The van der Waals surface area contributed by atoms with E-state index >= 15 is 0 Å². The van der Waals surface area contributed by atoms with Gasteiger partial charge in [0.05, 0.1) is 5.52 Å². The molecule has 1 saturated heterocycles. The van der Waals surface area contributed by atoms with E-state index in [1.165, 1.54) is 0 Å². The molecule has 5 heteroatoms. The number of fused-ring (bicyclic) bond motifs is 1. The zero-order chi connectivity index (χ0) is 11.8. The van der Waals surface area contributed by atoms with Crippen molar-refractivity contribution in [2.24, 2.45) is 7.05 Å². The summed E-state index contributed by atoms with van der Waals surface area (Å²) >= 11 is 5.24. The van der Waals surface area contributed by atoms with Gasteiger partial charge >= 0.3 is 0 Å². The van der Waals surface area contributed by atoms with Crippen LogP contribution in [0.1, 0.15) is 6.42 Å². The van der Waals surface area contributed by atoms with Gasteiger partial charge in [-0.1, -0.05) is 6.07 Å². The molecule has 3 rings (SSSR count). The number of aromatic amines is 1. The lowest BCUT2D eigenvalue weighted by atomic mass is 10.2. The average molecular weight is 249 g/mol. The molecule has 0 bridgehead atoms. The van der Waals surface area contributed by atoms with Gasteiger partial charge in [-0.25, -0.2) is 0 Å². The van der Waals surface area contributed by atoms with Crippen molar-refractivity contribution in [2.45, 2.75) is 12.5 Å². The minimum absolute atomic E-state index is 0.266. The fraction of sp³-hybridized carbons (Fsp3) is 0.417. The third kappa shape index (κ3) is 1.85. The van der Waals surface area contributed by atoms with E-state index in [9.17, 15) is 0 Å². The Morgan fingerprint density at radius 1 is 1.47 bits per heavy atom. The molecule has 1 aliphatic heterocycles.